The van der Waals surface area contributed by atoms with E-state index in [1.807, 2.05) is 0 Å². The van der Waals surface area contributed by atoms with Crippen molar-refractivity contribution in [1.82, 2.24) is 4.90 Å². The molecule has 1 fully saturated rings. The summed E-state index contributed by atoms with van der Waals surface area (Å²) in [6, 6.07) is 0. The maximum Gasteiger partial charge on any atom is 0.514 e. The normalized spacial score (nSPS) is 24.0. The van der Waals surface area contributed by atoms with E-state index in [0.717, 1.165) is 0 Å². The first-order valence-corrected chi connectivity index (χ1v) is 3.82. The number of carbonyl (C=O) groups is 2. The van der Waals surface area contributed by atoms with Crippen molar-refractivity contribution in [2.45, 2.75) is 0 Å². The molecule has 1 N–H and O–H groups in total. The van der Waals surface area contributed by atoms with Crippen molar-refractivity contribution in [2.75, 3.05) is 33.8 Å². The maximum absolute atomic E-state index is 11.1. The number of hydrogen-bond donors (Lipinski definition) is 1. The number of methoxy groups -OCH3 is 1. The van der Waals surface area contributed by atoms with Crippen LogP contribution in [-0.2, 0) is 9.53 Å². The molecule has 0 aliphatic carbocycles. The number of carbonyl (C=O) groups excluding carboxylic acids is 2. The molecule has 0 saturated carbocycles. The van der Waals surface area contributed by atoms with Gasteiger partial charge in [0.05, 0.1) is 13.7 Å². The number of amides is 2. The van der Waals surface area contributed by atoms with Crippen LogP contribution in [0.3, 0.4) is 0 Å². The van der Waals surface area contributed by atoms with Gasteiger partial charge in [0.2, 0.25) is 0 Å². The molecule has 1 aliphatic rings. The Morgan fingerprint density at radius 1 is 1.67 bits per heavy atom. The van der Waals surface area contributed by atoms with Gasteiger partial charge in [-0.3, -0.25) is 4.79 Å². The summed E-state index contributed by atoms with van der Waals surface area (Å²) < 4.78 is 4.53. The third-order valence-corrected chi connectivity index (χ3v) is 2.01. The Balaban J connectivity index is 2.51. The van der Waals surface area contributed by atoms with Crippen LogP contribution in [-0.4, -0.2) is 50.7 Å². The molecule has 1 atom stereocenters. The van der Waals surface area contributed by atoms with Gasteiger partial charge in [0.25, 0.3) is 5.91 Å². The van der Waals surface area contributed by atoms with E-state index in [-0.39, 0.29) is 18.5 Å². The minimum Gasteiger partial charge on any atom is -0.423 e. The largest absolute Gasteiger partial charge is 0.514 e. The molecule has 12 heavy (non-hydrogen) atoms. The fraction of sp³-hybridized carbons (Fsp3) is 0.714. The highest BCUT2D eigenvalue weighted by atomic mass is 16.5. The molecule has 1 saturated heterocycles. The minimum atomic E-state index is -0.351. The monoisotopic (exact) mass is 173 g/mol. The first kappa shape index (κ1) is 8.99. The summed E-state index contributed by atoms with van der Waals surface area (Å²) in [6.07, 6.45) is -0.351. The highest BCUT2D eigenvalue weighted by molar-refractivity contribution is 5.78. The standard InChI is InChI=1S/C7H12N2O3/c1-8-3-4-9(5-6(8)10)7(11)12-2/h3-5H2,1-2H3/p+1. The van der Waals surface area contributed by atoms with E-state index in [9.17, 15) is 9.59 Å². The molecule has 0 spiro atoms. The quantitative estimate of drug-likeness (QED) is 0.466. The molecule has 0 radical (unpaired) electrons. The highest BCUT2D eigenvalue weighted by Crippen LogP contribution is 1.84. The molecule has 0 aromatic rings. The highest BCUT2D eigenvalue weighted by Gasteiger charge is 2.30. The van der Waals surface area contributed by atoms with Crippen molar-refractivity contribution in [3.63, 3.8) is 0 Å². The maximum atomic E-state index is 11.1. The van der Waals surface area contributed by atoms with Crippen LogP contribution >= 0.6 is 0 Å². The van der Waals surface area contributed by atoms with Crippen LogP contribution in [0.25, 0.3) is 0 Å². The minimum absolute atomic E-state index is 0.0124. The van der Waals surface area contributed by atoms with Gasteiger partial charge in [0.15, 0.2) is 6.54 Å². The number of alkyl carbamates (subject to hydrolysis) is 2. The van der Waals surface area contributed by atoms with Crippen molar-refractivity contribution in [1.29, 1.82) is 0 Å². The fourth-order valence-electron chi connectivity index (χ4n) is 1.15. The van der Waals surface area contributed by atoms with E-state index in [0.29, 0.717) is 18.0 Å². The lowest BCUT2D eigenvalue weighted by Gasteiger charge is -2.26. The number of quaternary nitrogens is 1. The third kappa shape index (κ3) is 1.73. The van der Waals surface area contributed by atoms with Gasteiger partial charge in [0.1, 0.15) is 6.54 Å². The zero-order valence-electron chi connectivity index (χ0n) is 7.29. The number of ether oxygens (including phenoxy) is 1. The fourth-order valence-corrected chi connectivity index (χ4v) is 1.15. The molecular formula is C7H13N2O3+. The van der Waals surface area contributed by atoms with Gasteiger partial charge in [0, 0.05) is 7.05 Å². The Labute approximate surface area is 70.9 Å². The Kier molecular flexibility index (Phi) is 2.65. The zero-order chi connectivity index (χ0) is 9.14. The van der Waals surface area contributed by atoms with Crippen LogP contribution in [0.5, 0.6) is 0 Å². The molecule has 5 heteroatoms. The first-order chi connectivity index (χ1) is 5.65. The van der Waals surface area contributed by atoms with Crippen molar-refractivity contribution < 1.29 is 19.2 Å². The first-order valence-electron chi connectivity index (χ1n) is 3.82. The molecule has 1 heterocycles. The number of rotatable bonds is 0. The van der Waals surface area contributed by atoms with E-state index in [1.165, 1.54) is 7.11 Å². The SMILES string of the molecule is COC(=O)[NH+]1CCN(C)C(=O)C1. The molecule has 1 rings (SSSR count). The van der Waals surface area contributed by atoms with Gasteiger partial charge in [-0.1, -0.05) is 0 Å². The molecular weight excluding hydrogens is 160 g/mol. The number of hydrogen-bond acceptors (Lipinski definition) is 3. The van der Waals surface area contributed by atoms with Crippen molar-refractivity contribution in [3.05, 3.63) is 0 Å². The molecule has 0 aromatic carbocycles. The Hall–Kier alpha value is -1.10. The van der Waals surface area contributed by atoms with Crippen LogP contribution in [0.4, 0.5) is 4.79 Å². The Morgan fingerprint density at radius 3 is 2.83 bits per heavy atom. The Morgan fingerprint density at radius 2 is 2.33 bits per heavy atom. The van der Waals surface area contributed by atoms with E-state index in [1.54, 1.807) is 11.9 Å². The number of likely N-dealkylation sites (N-methyl/N-ethyl adjacent to an activating group) is 1. The molecule has 68 valence electrons. The molecule has 1 unspecified atom stereocenters. The zero-order valence-corrected chi connectivity index (χ0v) is 7.29. The molecule has 0 bridgehead atoms. The lowest BCUT2D eigenvalue weighted by molar-refractivity contribution is -0.818. The average molecular weight is 173 g/mol. The van der Waals surface area contributed by atoms with E-state index in [2.05, 4.69) is 4.74 Å². The smallest absolute Gasteiger partial charge is 0.423 e. The van der Waals surface area contributed by atoms with Gasteiger partial charge < -0.3 is 9.64 Å². The number of nitrogens with one attached hydrogen (secondary N) is 1. The van der Waals surface area contributed by atoms with Crippen LogP contribution in [0.2, 0.25) is 0 Å². The second-order valence-corrected chi connectivity index (χ2v) is 2.84. The van der Waals surface area contributed by atoms with Crippen molar-refractivity contribution >= 4 is 12.0 Å². The van der Waals surface area contributed by atoms with Crippen LogP contribution in [0, 0.1) is 0 Å². The molecule has 1 aliphatic heterocycles. The summed E-state index contributed by atoms with van der Waals surface area (Å²) in [6.45, 7) is 1.46. The average Bonchev–Trinajstić information content (AvgIpc) is 2.08. The van der Waals surface area contributed by atoms with Crippen molar-refractivity contribution in [2.24, 2.45) is 0 Å². The van der Waals surface area contributed by atoms with Crippen LogP contribution in [0.15, 0.2) is 0 Å². The van der Waals surface area contributed by atoms with Gasteiger partial charge in [-0.2, -0.15) is 4.79 Å². The lowest BCUT2D eigenvalue weighted by Crippen LogP contribution is -3.17. The number of piperazine rings is 1. The van der Waals surface area contributed by atoms with Gasteiger partial charge >= 0.3 is 6.09 Å². The van der Waals surface area contributed by atoms with Crippen molar-refractivity contribution in [3.8, 4) is 0 Å². The third-order valence-electron chi connectivity index (χ3n) is 2.01. The summed E-state index contributed by atoms with van der Waals surface area (Å²) in [4.78, 5) is 24.3. The predicted octanol–water partition coefficient (Wildman–Crippen LogP) is -1.89. The summed E-state index contributed by atoms with van der Waals surface area (Å²) in [5, 5.41) is 0. The van der Waals surface area contributed by atoms with E-state index < -0.39 is 0 Å². The van der Waals surface area contributed by atoms with Gasteiger partial charge in [-0.15, -0.1) is 0 Å². The Bertz CT molecular complexity index is 203. The summed E-state index contributed by atoms with van der Waals surface area (Å²) in [7, 11) is 3.06. The topological polar surface area (TPSA) is 51.1 Å². The van der Waals surface area contributed by atoms with Gasteiger partial charge in [-0.25, -0.2) is 4.90 Å². The summed E-state index contributed by atoms with van der Waals surface area (Å²) >= 11 is 0. The summed E-state index contributed by atoms with van der Waals surface area (Å²) in [5.74, 6) is -0.0124. The number of nitrogens with zero attached hydrogens (tertiary/aromatic N) is 1. The lowest BCUT2D eigenvalue weighted by atomic mass is 10.3. The van der Waals surface area contributed by atoms with Crippen LogP contribution < -0.4 is 4.90 Å². The predicted molar refractivity (Wildman–Crippen MR) is 40.7 cm³/mol. The molecule has 0 aromatic heterocycles. The van der Waals surface area contributed by atoms with E-state index in [4.69, 9.17) is 0 Å². The second-order valence-electron chi connectivity index (χ2n) is 2.84. The van der Waals surface area contributed by atoms with E-state index >= 15 is 0 Å². The molecule has 5 nitrogen and oxygen atoms in total. The van der Waals surface area contributed by atoms with Gasteiger partial charge in [-0.05, 0) is 0 Å². The summed E-state index contributed by atoms with van der Waals surface area (Å²) in [5.41, 5.74) is 0. The second kappa shape index (κ2) is 3.53. The van der Waals surface area contributed by atoms with Crippen LogP contribution in [0.1, 0.15) is 0 Å². The molecule has 2 amide bonds.